The van der Waals surface area contributed by atoms with Crippen molar-refractivity contribution in [1.29, 1.82) is 0 Å². The molecule has 2 N–H and O–H groups in total. The van der Waals surface area contributed by atoms with Gasteiger partial charge in [0, 0.05) is 12.2 Å². The van der Waals surface area contributed by atoms with Crippen LogP contribution in [0.1, 0.15) is 0 Å². The molecule has 0 fully saturated rings. The summed E-state index contributed by atoms with van der Waals surface area (Å²) < 4.78 is 4.59. The van der Waals surface area contributed by atoms with Gasteiger partial charge in [-0.05, 0) is 0 Å². The molecule has 62 valence electrons. The highest BCUT2D eigenvalue weighted by Crippen LogP contribution is 2.06. The van der Waals surface area contributed by atoms with Gasteiger partial charge in [0.25, 0.3) is 0 Å². The number of halogens is 1. The summed E-state index contributed by atoms with van der Waals surface area (Å²) in [6.07, 6.45) is 2.49. The van der Waals surface area contributed by atoms with Crippen LogP contribution in [0.4, 0.5) is 0 Å². The third-order valence-corrected chi connectivity index (χ3v) is 1.03. The van der Waals surface area contributed by atoms with Gasteiger partial charge in [-0.25, -0.2) is 4.79 Å². The van der Waals surface area contributed by atoms with E-state index < -0.39 is 12.1 Å². The Morgan fingerprint density at radius 1 is 1.64 bits per heavy atom. The van der Waals surface area contributed by atoms with Crippen LogP contribution < -0.4 is 0 Å². The monoisotopic (exact) mass is 178 g/mol. The molecule has 11 heavy (non-hydrogen) atoms. The maximum atomic E-state index is 10.2. The second-order valence-electron chi connectivity index (χ2n) is 1.79. The first-order chi connectivity index (χ1) is 4.70. The van der Waals surface area contributed by atoms with Gasteiger partial charge >= 0.3 is 5.97 Å². The second kappa shape index (κ2) is 3.88. The molecule has 0 radical (unpaired) electrons. The van der Waals surface area contributed by atoms with E-state index in [2.05, 4.69) is 4.74 Å². The van der Waals surface area contributed by atoms with Gasteiger partial charge in [0.15, 0.2) is 0 Å². The van der Waals surface area contributed by atoms with Crippen LogP contribution in [0.3, 0.4) is 0 Å². The molecular weight excluding hydrogens is 172 g/mol. The first kappa shape index (κ1) is 9.84. The largest absolute Gasteiger partial charge is 0.508 e. The van der Waals surface area contributed by atoms with Crippen molar-refractivity contribution in [1.82, 2.24) is 0 Å². The van der Waals surface area contributed by atoms with Gasteiger partial charge in [0.2, 0.25) is 6.10 Å². The number of aliphatic hydroxyl groups is 1. The Hall–Kier alpha value is -1.16. The topological polar surface area (TPSA) is 66.8 Å². The number of aliphatic hydroxyl groups excluding tert-OH is 1. The number of carbonyl (C=O) groups is 1. The third kappa shape index (κ3) is 2.51. The van der Waals surface area contributed by atoms with Gasteiger partial charge in [0.05, 0.1) is 6.26 Å². The summed E-state index contributed by atoms with van der Waals surface area (Å²) in [5.74, 6) is -1.20. The molecule has 1 aliphatic heterocycles. The number of hydrogen-bond acceptors (Lipinski definition) is 3. The number of rotatable bonds is 1. The predicted octanol–water partition coefficient (Wildman–Crippen LogP) is 0.847. The van der Waals surface area contributed by atoms with Gasteiger partial charge < -0.3 is 14.9 Å². The zero-order valence-electron chi connectivity index (χ0n) is 5.43. The average molecular weight is 179 g/mol. The molecule has 1 rings (SSSR count). The van der Waals surface area contributed by atoms with Gasteiger partial charge in [-0.1, -0.05) is 0 Å². The summed E-state index contributed by atoms with van der Waals surface area (Å²) in [5.41, 5.74) is 0. The first-order valence-corrected chi connectivity index (χ1v) is 2.66. The minimum Gasteiger partial charge on any atom is -0.508 e. The third-order valence-electron chi connectivity index (χ3n) is 1.03. The van der Waals surface area contributed by atoms with Crippen molar-refractivity contribution in [2.75, 3.05) is 0 Å². The van der Waals surface area contributed by atoms with Crippen LogP contribution in [0, 0.1) is 0 Å². The number of allylic oxidation sites excluding steroid dienone is 1. The van der Waals surface area contributed by atoms with Crippen molar-refractivity contribution in [2.45, 2.75) is 6.10 Å². The number of hydrogen-bond donors (Lipinski definition) is 2. The first-order valence-electron chi connectivity index (χ1n) is 2.66. The smallest absolute Gasteiger partial charge is 0.349 e. The highest BCUT2D eigenvalue weighted by Gasteiger charge is 2.17. The molecular formula is C6H7ClO4. The van der Waals surface area contributed by atoms with Gasteiger partial charge in [-0.15, -0.1) is 12.4 Å². The van der Waals surface area contributed by atoms with E-state index in [1.54, 1.807) is 0 Å². The summed E-state index contributed by atoms with van der Waals surface area (Å²) >= 11 is 0. The van der Waals surface area contributed by atoms with E-state index in [1.165, 1.54) is 6.08 Å². The summed E-state index contributed by atoms with van der Waals surface area (Å²) in [4.78, 5) is 10.2. The lowest BCUT2D eigenvalue weighted by Gasteiger charge is -2.10. The van der Waals surface area contributed by atoms with Gasteiger partial charge in [-0.3, -0.25) is 0 Å². The molecule has 0 saturated carbocycles. The molecule has 1 aliphatic rings. The molecule has 0 aromatic rings. The molecule has 0 aromatic heterocycles. The van der Waals surface area contributed by atoms with Crippen molar-refractivity contribution in [2.24, 2.45) is 0 Å². The Bertz CT molecular complexity index is 209. The minimum atomic E-state index is -1.11. The summed E-state index contributed by atoms with van der Waals surface area (Å²) in [7, 11) is 0. The zero-order chi connectivity index (χ0) is 7.56. The summed E-state index contributed by atoms with van der Waals surface area (Å²) in [6, 6.07) is 0. The zero-order valence-corrected chi connectivity index (χ0v) is 6.25. The standard InChI is InChI=1S/C6H6O4.ClH/c7-4-1-2-10-5(3-4)6(8)9;/h1-3,5,7H,(H,8,9);1H. The van der Waals surface area contributed by atoms with Crippen molar-refractivity contribution in [3.05, 3.63) is 24.2 Å². The van der Waals surface area contributed by atoms with Crippen LogP contribution >= 0.6 is 12.4 Å². The van der Waals surface area contributed by atoms with E-state index in [1.807, 2.05) is 0 Å². The molecule has 1 unspecified atom stereocenters. The fourth-order valence-electron chi connectivity index (χ4n) is 0.573. The van der Waals surface area contributed by atoms with E-state index in [-0.39, 0.29) is 18.2 Å². The fourth-order valence-corrected chi connectivity index (χ4v) is 0.573. The molecule has 5 heteroatoms. The molecule has 1 heterocycles. The summed E-state index contributed by atoms with van der Waals surface area (Å²) in [6.45, 7) is 0. The normalized spacial score (nSPS) is 21.1. The number of ether oxygens (including phenoxy) is 1. The minimum absolute atomic E-state index is 0. The fraction of sp³-hybridized carbons (Fsp3) is 0.167. The van der Waals surface area contributed by atoms with Crippen LogP contribution in [-0.2, 0) is 9.53 Å². The average Bonchev–Trinajstić information content (AvgIpc) is 1.88. The lowest BCUT2D eigenvalue weighted by atomic mass is 10.2. The van der Waals surface area contributed by atoms with Gasteiger partial charge in [0.1, 0.15) is 5.76 Å². The quantitative estimate of drug-likeness (QED) is 0.625. The highest BCUT2D eigenvalue weighted by atomic mass is 35.5. The van der Waals surface area contributed by atoms with E-state index >= 15 is 0 Å². The molecule has 0 bridgehead atoms. The Balaban J connectivity index is 0.000001000. The molecule has 1 atom stereocenters. The number of carboxylic acid groups (broad SMARTS) is 1. The Kier molecular flexibility index (Phi) is 3.47. The molecule has 0 amide bonds. The van der Waals surface area contributed by atoms with E-state index in [4.69, 9.17) is 10.2 Å². The Labute approximate surface area is 69.2 Å². The maximum Gasteiger partial charge on any atom is 0.349 e. The molecule has 0 aromatic carbocycles. The maximum absolute atomic E-state index is 10.2. The molecule has 0 spiro atoms. The van der Waals surface area contributed by atoms with Crippen molar-refractivity contribution < 1.29 is 19.7 Å². The van der Waals surface area contributed by atoms with Crippen molar-refractivity contribution in [3.63, 3.8) is 0 Å². The molecule has 0 saturated heterocycles. The van der Waals surface area contributed by atoms with E-state index in [0.717, 1.165) is 12.3 Å². The van der Waals surface area contributed by atoms with Crippen LogP contribution in [0.15, 0.2) is 24.2 Å². The van der Waals surface area contributed by atoms with Crippen LogP contribution in [0.25, 0.3) is 0 Å². The van der Waals surface area contributed by atoms with Crippen molar-refractivity contribution >= 4 is 18.4 Å². The Morgan fingerprint density at radius 2 is 2.27 bits per heavy atom. The Morgan fingerprint density at radius 3 is 2.64 bits per heavy atom. The predicted molar refractivity (Wildman–Crippen MR) is 39.6 cm³/mol. The van der Waals surface area contributed by atoms with E-state index in [0.29, 0.717) is 0 Å². The lowest BCUT2D eigenvalue weighted by Crippen LogP contribution is -2.21. The van der Waals surface area contributed by atoms with E-state index in [9.17, 15) is 4.79 Å². The second-order valence-corrected chi connectivity index (χ2v) is 1.79. The molecule has 4 nitrogen and oxygen atoms in total. The van der Waals surface area contributed by atoms with Gasteiger partial charge in [-0.2, -0.15) is 0 Å². The SMILES string of the molecule is Cl.O=C(O)C1C=C(O)C=CO1. The number of carboxylic acids is 1. The number of aliphatic carboxylic acids is 1. The molecule has 0 aliphatic carbocycles. The van der Waals surface area contributed by atoms with Crippen molar-refractivity contribution in [3.8, 4) is 0 Å². The summed E-state index contributed by atoms with van der Waals surface area (Å²) in [5, 5.41) is 17.1. The highest BCUT2D eigenvalue weighted by molar-refractivity contribution is 5.85. The van der Waals surface area contributed by atoms with Crippen LogP contribution in [0.5, 0.6) is 0 Å². The lowest BCUT2D eigenvalue weighted by molar-refractivity contribution is -0.144. The van der Waals surface area contributed by atoms with Crippen LogP contribution in [0.2, 0.25) is 0 Å². The van der Waals surface area contributed by atoms with Crippen LogP contribution in [-0.4, -0.2) is 22.3 Å².